The molecule has 0 aromatic heterocycles. The van der Waals surface area contributed by atoms with Gasteiger partial charge in [-0.3, -0.25) is 4.79 Å². The summed E-state index contributed by atoms with van der Waals surface area (Å²) in [5.74, 6) is -1.24. The highest BCUT2D eigenvalue weighted by molar-refractivity contribution is 5.95. The number of carbonyl (C=O) groups is 3. The van der Waals surface area contributed by atoms with Crippen molar-refractivity contribution in [2.75, 3.05) is 32.7 Å². The van der Waals surface area contributed by atoms with Crippen molar-refractivity contribution in [1.29, 1.82) is 0 Å². The highest BCUT2D eigenvalue weighted by Gasteiger charge is 2.40. The number of hydrogen-bond acceptors (Lipinski definition) is 6. The molecular formula is C36H46F3N3O6. The fraction of sp³-hybridized carbons (Fsp3) is 0.528. The number of halogens is 3. The van der Waals surface area contributed by atoms with Crippen LogP contribution in [0.15, 0.2) is 54.6 Å². The fourth-order valence-corrected chi connectivity index (χ4v) is 5.72. The van der Waals surface area contributed by atoms with Gasteiger partial charge in [0.05, 0.1) is 12.5 Å². The van der Waals surface area contributed by atoms with Crippen LogP contribution in [-0.2, 0) is 16.1 Å². The quantitative estimate of drug-likeness (QED) is 0.264. The van der Waals surface area contributed by atoms with Crippen molar-refractivity contribution in [3.8, 4) is 5.75 Å². The monoisotopic (exact) mass is 673 g/mol. The first kappa shape index (κ1) is 36.6. The molecule has 1 unspecified atom stereocenters. The second-order valence-corrected chi connectivity index (χ2v) is 13.2. The van der Waals surface area contributed by atoms with Gasteiger partial charge in [-0.15, -0.1) is 0 Å². The minimum absolute atomic E-state index is 0.0587. The summed E-state index contributed by atoms with van der Waals surface area (Å²) in [6, 6.07) is 14.3. The Labute approximate surface area is 280 Å². The predicted octanol–water partition coefficient (Wildman–Crippen LogP) is 7.60. The van der Waals surface area contributed by atoms with Crippen molar-refractivity contribution in [2.45, 2.75) is 84.3 Å². The molecule has 1 fully saturated rings. The number of alkyl halides is 3. The summed E-state index contributed by atoms with van der Waals surface area (Å²) in [5, 5.41) is 2.69. The van der Waals surface area contributed by atoms with Gasteiger partial charge in [-0.1, -0.05) is 43.3 Å². The molecule has 2 aliphatic rings. The summed E-state index contributed by atoms with van der Waals surface area (Å²) < 4.78 is 57.5. The number of ether oxygens (including phenoxy) is 3. The summed E-state index contributed by atoms with van der Waals surface area (Å²) in [6.07, 6.45) is -2.86. The van der Waals surface area contributed by atoms with Gasteiger partial charge in [0.25, 0.3) is 5.91 Å². The number of alkyl carbamates (subject to hydrolysis) is 1. The molecule has 0 bridgehead atoms. The first-order valence-corrected chi connectivity index (χ1v) is 16.5. The Kier molecular flexibility index (Phi) is 12.4. The predicted molar refractivity (Wildman–Crippen MR) is 175 cm³/mol. The Morgan fingerprint density at radius 2 is 1.77 bits per heavy atom. The lowest BCUT2D eigenvalue weighted by atomic mass is 9.85. The zero-order valence-corrected chi connectivity index (χ0v) is 28.1. The highest BCUT2D eigenvalue weighted by atomic mass is 19.4. The van der Waals surface area contributed by atoms with E-state index in [0.29, 0.717) is 54.9 Å². The van der Waals surface area contributed by atoms with E-state index in [4.69, 9.17) is 14.2 Å². The number of nitrogens with one attached hydrogen (secondary N) is 1. The van der Waals surface area contributed by atoms with Crippen LogP contribution in [0, 0.1) is 5.92 Å². The van der Waals surface area contributed by atoms with Crippen molar-refractivity contribution >= 4 is 23.7 Å². The van der Waals surface area contributed by atoms with Crippen LogP contribution in [0.2, 0.25) is 0 Å². The molecule has 2 atom stereocenters. The first-order chi connectivity index (χ1) is 22.7. The highest BCUT2D eigenvalue weighted by Crippen LogP contribution is 2.42. The SMILES string of the molecule is CCCN(CCNC(=O)OCc1ccccc1)C(=O)c1ccc(O[C@H]2CCN(C(=O)OC(C)(C)C)C2)c(C2=CCC(C(F)(F)F)CC2)c1. The largest absolute Gasteiger partial charge is 0.488 e. The minimum atomic E-state index is -4.28. The second kappa shape index (κ2) is 16.3. The molecule has 12 heteroatoms. The number of carbonyl (C=O) groups excluding carboxylic acids is 3. The van der Waals surface area contributed by atoms with E-state index in [2.05, 4.69) is 5.32 Å². The average molecular weight is 674 g/mol. The van der Waals surface area contributed by atoms with Gasteiger partial charge in [0.1, 0.15) is 24.1 Å². The Hall–Kier alpha value is -4.22. The van der Waals surface area contributed by atoms with Crippen LogP contribution in [-0.4, -0.2) is 78.5 Å². The Balaban J connectivity index is 1.47. The lowest BCUT2D eigenvalue weighted by Gasteiger charge is -2.27. The summed E-state index contributed by atoms with van der Waals surface area (Å²) >= 11 is 0. The number of hydrogen-bond donors (Lipinski definition) is 1. The van der Waals surface area contributed by atoms with Gasteiger partial charge < -0.3 is 29.3 Å². The molecule has 1 N–H and O–H groups in total. The maximum atomic E-state index is 13.7. The zero-order valence-electron chi connectivity index (χ0n) is 28.1. The van der Waals surface area contributed by atoms with E-state index >= 15 is 0 Å². The second-order valence-electron chi connectivity index (χ2n) is 13.2. The van der Waals surface area contributed by atoms with Crippen molar-refractivity contribution in [2.24, 2.45) is 5.92 Å². The van der Waals surface area contributed by atoms with Gasteiger partial charge in [-0.25, -0.2) is 9.59 Å². The molecule has 0 spiro atoms. The lowest BCUT2D eigenvalue weighted by Crippen LogP contribution is -2.39. The third-order valence-electron chi connectivity index (χ3n) is 8.18. The molecular weight excluding hydrogens is 627 g/mol. The molecule has 9 nitrogen and oxygen atoms in total. The maximum Gasteiger partial charge on any atom is 0.410 e. The van der Waals surface area contributed by atoms with Crippen LogP contribution >= 0.6 is 0 Å². The Morgan fingerprint density at radius 1 is 1.02 bits per heavy atom. The van der Waals surface area contributed by atoms with Crippen LogP contribution in [0.3, 0.4) is 0 Å². The van der Waals surface area contributed by atoms with Crippen LogP contribution in [0.4, 0.5) is 22.8 Å². The third kappa shape index (κ3) is 10.6. The van der Waals surface area contributed by atoms with E-state index in [1.54, 1.807) is 54.8 Å². The number of allylic oxidation sites excluding steroid dienone is 2. The zero-order chi connectivity index (χ0) is 34.9. The molecule has 0 saturated carbocycles. The van der Waals surface area contributed by atoms with Crippen molar-refractivity contribution < 1.29 is 41.8 Å². The van der Waals surface area contributed by atoms with Gasteiger partial charge in [0, 0.05) is 43.7 Å². The molecule has 2 aromatic rings. The number of likely N-dealkylation sites (tertiary alicyclic amines) is 1. The summed E-state index contributed by atoms with van der Waals surface area (Å²) in [6.45, 7) is 9.05. The molecule has 1 heterocycles. The third-order valence-corrected chi connectivity index (χ3v) is 8.18. The molecule has 1 saturated heterocycles. The van der Waals surface area contributed by atoms with E-state index in [-0.39, 0.29) is 51.0 Å². The van der Waals surface area contributed by atoms with Crippen LogP contribution in [0.25, 0.3) is 5.57 Å². The number of nitrogens with zero attached hydrogens (tertiary/aromatic N) is 2. The van der Waals surface area contributed by atoms with Crippen molar-refractivity contribution in [3.05, 3.63) is 71.3 Å². The van der Waals surface area contributed by atoms with Crippen LogP contribution in [0.1, 0.15) is 81.3 Å². The molecule has 2 aromatic carbocycles. The smallest absolute Gasteiger partial charge is 0.410 e. The van der Waals surface area contributed by atoms with E-state index in [9.17, 15) is 27.6 Å². The topological polar surface area (TPSA) is 97.4 Å². The van der Waals surface area contributed by atoms with E-state index < -0.39 is 29.9 Å². The van der Waals surface area contributed by atoms with E-state index in [0.717, 1.165) is 5.56 Å². The molecule has 1 aliphatic carbocycles. The van der Waals surface area contributed by atoms with Crippen molar-refractivity contribution in [3.63, 3.8) is 0 Å². The van der Waals surface area contributed by atoms with Gasteiger partial charge in [-0.05, 0) is 75.8 Å². The minimum Gasteiger partial charge on any atom is -0.488 e. The van der Waals surface area contributed by atoms with Gasteiger partial charge in [0.2, 0.25) is 0 Å². The Morgan fingerprint density at radius 3 is 2.42 bits per heavy atom. The lowest BCUT2D eigenvalue weighted by molar-refractivity contribution is -0.175. The number of amides is 3. The summed E-state index contributed by atoms with van der Waals surface area (Å²) in [7, 11) is 0. The normalized spacial score (nSPS) is 18.1. The average Bonchev–Trinajstić information content (AvgIpc) is 3.51. The van der Waals surface area contributed by atoms with Gasteiger partial charge in [0.15, 0.2) is 0 Å². The molecule has 1 aliphatic heterocycles. The first-order valence-electron chi connectivity index (χ1n) is 16.5. The molecule has 4 rings (SSSR count). The van der Waals surface area contributed by atoms with Crippen LogP contribution in [0.5, 0.6) is 5.75 Å². The molecule has 48 heavy (non-hydrogen) atoms. The summed E-state index contributed by atoms with van der Waals surface area (Å²) in [5.41, 5.74) is 1.83. The fourth-order valence-electron chi connectivity index (χ4n) is 5.72. The molecule has 0 radical (unpaired) electrons. The standard InChI is InChI=1S/C36H46F3N3O6/c1-5-19-41(21-18-40-33(44)46-24-25-9-7-6-8-10-25)32(43)27-13-16-31(30(22-27)26-11-14-28(15-12-26)36(37,38)39)47-29-17-20-42(23-29)34(45)48-35(2,3)4/h6-11,13,16,22,28-29H,5,12,14-15,17-21,23-24H2,1-4H3,(H,40,44)/t28?,29-/m0/s1. The molecule has 262 valence electrons. The number of rotatable bonds is 11. The van der Waals surface area contributed by atoms with Gasteiger partial charge >= 0.3 is 18.4 Å². The Bertz CT molecular complexity index is 1440. The van der Waals surface area contributed by atoms with Crippen molar-refractivity contribution in [1.82, 2.24) is 15.1 Å². The maximum absolute atomic E-state index is 13.7. The van der Waals surface area contributed by atoms with E-state index in [1.807, 2.05) is 37.3 Å². The van der Waals surface area contributed by atoms with E-state index in [1.165, 1.54) is 0 Å². The summed E-state index contributed by atoms with van der Waals surface area (Å²) in [4.78, 5) is 41.8. The van der Waals surface area contributed by atoms with Crippen LogP contribution < -0.4 is 10.1 Å². The number of benzene rings is 2. The van der Waals surface area contributed by atoms with Gasteiger partial charge in [-0.2, -0.15) is 13.2 Å². The molecule has 3 amide bonds.